The third kappa shape index (κ3) is 4.28. The third-order valence-corrected chi connectivity index (χ3v) is 6.59. The lowest BCUT2D eigenvalue weighted by Gasteiger charge is -2.12. The quantitative estimate of drug-likeness (QED) is 0.320. The van der Waals surface area contributed by atoms with Crippen molar-refractivity contribution in [1.82, 2.24) is 15.2 Å². The summed E-state index contributed by atoms with van der Waals surface area (Å²) in [6.45, 7) is 2.85. The van der Waals surface area contributed by atoms with Gasteiger partial charge < -0.3 is 9.15 Å². The number of nitrogens with one attached hydrogen (secondary N) is 2. The number of aromatic nitrogens is 1. The molecule has 0 bridgehead atoms. The van der Waals surface area contributed by atoms with E-state index in [1.807, 2.05) is 30.3 Å². The van der Waals surface area contributed by atoms with E-state index in [0.29, 0.717) is 16.6 Å². The first-order valence-corrected chi connectivity index (χ1v) is 11.7. The van der Waals surface area contributed by atoms with Crippen LogP contribution in [-0.2, 0) is 14.8 Å². The zero-order valence-corrected chi connectivity index (χ0v) is 19.4. The topological polar surface area (TPSA) is 128 Å². The Morgan fingerprint density at radius 1 is 0.971 bits per heavy atom. The van der Waals surface area contributed by atoms with E-state index in [1.165, 1.54) is 13.8 Å². The lowest BCUT2D eigenvalue weighted by Crippen LogP contribution is -2.42. The summed E-state index contributed by atoms with van der Waals surface area (Å²) in [5.74, 6) is -1.49. The number of rotatable bonds is 6. The van der Waals surface area contributed by atoms with Crippen molar-refractivity contribution in [2.75, 3.05) is 7.11 Å². The second-order valence-electron chi connectivity index (χ2n) is 7.41. The standard InChI is InChI=1S/C24H21N3O6S/c1-14-21(24(29)32-3)22(15(2)33-14)34(30,31)27-26-23(28)18-13-20(16-9-5-4-6-10-16)25-19-12-8-7-11-17(18)19/h4-13,27H,1-3H3,(H,26,28). The molecule has 0 aliphatic carbocycles. The van der Waals surface area contributed by atoms with Crippen molar-refractivity contribution in [1.29, 1.82) is 0 Å². The number of carbonyl (C=O) groups excluding carboxylic acids is 2. The van der Waals surface area contributed by atoms with E-state index in [2.05, 4.69) is 20.0 Å². The van der Waals surface area contributed by atoms with Crippen LogP contribution in [0.1, 0.15) is 32.2 Å². The Labute approximate surface area is 195 Å². The van der Waals surface area contributed by atoms with Crippen LogP contribution in [0.2, 0.25) is 0 Å². The summed E-state index contributed by atoms with van der Waals surface area (Å²) in [5, 5.41) is 0.546. The highest BCUT2D eigenvalue weighted by molar-refractivity contribution is 7.89. The molecular weight excluding hydrogens is 458 g/mol. The molecule has 0 saturated heterocycles. The second-order valence-corrected chi connectivity index (χ2v) is 9.03. The molecular formula is C24H21N3O6S. The molecule has 0 atom stereocenters. The number of esters is 1. The molecule has 4 aromatic rings. The molecule has 0 saturated carbocycles. The number of ether oxygens (including phenoxy) is 1. The van der Waals surface area contributed by atoms with Gasteiger partial charge in [-0.15, -0.1) is 4.83 Å². The Morgan fingerprint density at radius 3 is 2.35 bits per heavy atom. The Balaban J connectivity index is 1.69. The number of furan rings is 1. The molecule has 0 unspecified atom stereocenters. The normalized spacial score (nSPS) is 11.4. The van der Waals surface area contributed by atoms with Crippen LogP contribution in [-0.4, -0.2) is 32.4 Å². The maximum absolute atomic E-state index is 13.1. The summed E-state index contributed by atoms with van der Waals surface area (Å²) in [6.07, 6.45) is 0. The number of para-hydroxylation sites is 1. The Kier molecular flexibility index (Phi) is 6.18. The van der Waals surface area contributed by atoms with Gasteiger partial charge in [-0.05, 0) is 26.0 Å². The second kappa shape index (κ2) is 9.08. The summed E-state index contributed by atoms with van der Waals surface area (Å²) in [4.78, 5) is 31.5. The molecule has 0 fully saturated rings. The molecule has 9 nitrogen and oxygen atoms in total. The van der Waals surface area contributed by atoms with E-state index in [-0.39, 0.29) is 22.6 Å². The van der Waals surface area contributed by atoms with Gasteiger partial charge in [-0.25, -0.2) is 18.2 Å². The number of hydrogen-bond acceptors (Lipinski definition) is 7. The highest BCUT2D eigenvalue weighted by Gasteiger charge is 2.32. The predicted octanol–water partition coefficient (Wildman–Crippen LogP) is 3.52. The first-order valence-electron chi connectivity index (χ1n) is 10.2. The number of benzene rings is 2. The minimum absolute atomic E-state index is 0.0135. The van der Waals surface area contributed by atoms with Crippen LogP contribution in [0.4, 0.5) is 0 Å². The minimum Gasteiger partial charge on any atom is -0.465 e. The lowest BCUT2D eigenvalue weighted by molar-refractivity contribution is 0.0594. The number of nitrogens with zero attached hydrogens (tertiary/aromatic N) is 1. The monoisotopic (exact) mass is 479 g/mol. The van der Waals surface area contributed by atoms with Crippen LogP contribution in [0.5, 0.6) is 0 Å². The average Bonchev–Trinajstić information content (AvgIpc) is 3.16. The number of carbonyl (C=O) groups is 2. The van der Waals surface area contributed by atoms with Gasteiger partial charge in [-0.3, -0.25) is 10.2 Å². The van der Waals surface area contributed by atoms with Crippen molar-refractivity contribution in [3.63, 3.8) is 0 Å². The van der Waals surface area contributed by atoms with Crippen molar-refractivity contribution in [3.8, 4) is 11.3 Å². The smallest absolute Gasteiger partial charge is 0.342 e. The number of amides is 1. The van der Waals surface area contributed by atoms with Crippen LogP contribution < -0.4 is 10.3 Å². The van der Waals surface area contributed by atoms with E-state index in [4.69, 9.17) is 4.42 Å². The van der Waals surface area contributed by atoms with Gasteiger partial charge in [0.25, 0.3) is 15.9 Å². The maximum Gasteiger partial charge on any atom is 0.342 e. The highest BCUT2D eigenvalue weighted by atomic mass is 32.2. The fraction of sp³-hybridized carbons (Fsp3) is 0.125. The molecule has 0 aliphatic heterocycles. The van der Waals surface area contributed by atoms with Gasteiger partial charge in [-0.1, -0.05) is 48.5 Å². The van der Waals surface area contributed by atoms with E-state index in [0.717, 1.165) is 12.7 Å². The molecule has 174 valence electrons. The molecule has 0 radical (unpaired) electrons. The van der Waals surface area contributed by atoms with Gasteiger partial charge in [-0.2, -0.15) is 0 Å². The van der Waals surface area contributed by atoms with Crippen LogP contribution >= 0.6 is 0 Å². The Bertz CT molecular complexity index is 1510. The fourth-order valence-corrected chi connectivity index (χ4v) is 4.92. The van der Waals surface area contributed by atoms with Crippen LogP contribution in [0, 0.1) is 13.8 Å². The number of aryl methyl sites for hydroxylation is 2. The summed E-state index contributed by atoms with van der Waals surface area (Å²) >= 11 is 0. The van der Waals surface area contributed by atoms with E-state index in [9.17, 15) is 18.0 Å². The molecule has 2 heterocycles. The van der Waals surface area contributed by atoms with Crippen molar-refractivity contribution < 1.29 is 27.2 Å². The summed E-state index contributed by atoms with van der Waals surface area (Å²) in [7, 11) is -3.23. The summed E-state index contributed by atoms with van der Waals surface area (Å²) < 4.78 is 36.0. The maximum atomic E-state index is 13.1. The molecule has 2 N–H and O–H groups in total. The molecule has 4 rings (SSSR count). The number of hydrazine groups is 1. The fourth-order valence-electron chi connectivity index (χ4n) is 3.68. The number of methoxy groups -OCH3 is 1. The predicted molar refractivity (Wildman–Crippen MR) is 124 cm³/mol. The molecule has 0 aliphatic rings. The number of hydrogen-bond donors (Lipinski definition) is 2. The van der Waals surface area contributed by atoms with Crippen molar-refractivity contribution in [3.05, 3.63) is 83.3 Å². The van der Waals surface area contributed by atoms with Crippen molar-refractivity contribution in [2.24, 2.45) is 0 Å². The van der Waals surface area contributed by atoms with Crippen molar-refractivity contribution >= 4 is 32.8 Å². The zero-order valence-electron chi connectivity index (χ0n) is 18.6. The highest BCUT2D eigenvalue weighted by Crippen LogP contribution is 2.27. The molecule has 2 aromatic carbocycles. The van der Waals surface area contributed by atoms with Crippen LogP contribution in [0.3, 0.4) is 0 Å². The minimum atomic E-state index is -4.37. The van der Waals surface area contributed by atoms with Gasteiger partial charge in [0.05, 0.1) is 23.9 Å². The van der Waals surface area contributed by atoms with Crippen molar-refractivity contribution in [2.45, 2.75) is 18.7 Å². The molecule has 2 aromatic heterocycles. The number of pyridine rings is 1. The van der Waals surface area contributed by atoms with Gasteiger partial charge in [0.15, 0.2) is 0 Å². The third-order valence-electron chi connectivity index (χ3n) is 5.19. The Morgan fingerprint density at radius 2 is 1.65 bits per heavy atom. The first kappa shape index (κ1) is 23.1. The first-order chi connectivity index (χ1) is 16.2. The average molecular weight is 480 g/mol. The molecule has 34 heavy (non-hydrogen) atoms. The van der Waals surface area contributed by atoms with E-state index >= 15 is 0 Å². The number of fused-ring (bicyclic) bond motifs is 1. The van der Waals surface area contributed by atoms with Gasteiger partial charge >= 0.3 is 5.97 Å². The Hall–Kier alpha value is -4.02. The van der Waals surface area contributed by atoms with E-state index in [1.54, 1.807) is 30.3 Å². The van der Waals surface area contributed by atoms with Gasteiger partial charge in [0, 0.05) is 10.9 Å². The molecule has 1 amide bonds. The summed E-state index contributed by atoms with van der Waals surface area (Å²) in [5.41, 5.74) is 4.15. The largest absolute Gasteiger partial charge is 0.465 e. The number of sulfonamides is 1. The van der Waals surface area contributed by atoms with Gasteiger partial charge in [0.1, 0.15) is 22.0 Å². The molecule has 0 spiro atoms. The van der Waals surface area contributed by atoms with Crippen LogP contribution in [0.15, 0.2) is 70.0 Å². The van der Waals surface area contributed by atoms with Gasteiger partial charge in [0.2, 0.25) is 0 Å². The molecule has 10 heteroatoms. The summed E-state index contributed by atoms with van der Waals surface area (Å²) in [6, 6.07) is 17.9. The van der Waals surface area contributed by atoms with E-state index < -0.39 is 26.8 Å². The van der Waals surface area contributed by atoms with Crippen LogP contribution in [0.25, 0.3) is 22.2 Å². The lowest BCUT2D eigenvalue weighted by atomic mass is 10.0. The zero-order chi connectivity index (χ0) is 24.5. The SMILES string of the molecule is COC(=O)c1c(C)oc(C)c1S(=O)(=O)NNC(=O)c1cc(-c2ccccc2)nc2ccccc12.